The maximum absolute atomic E-state index is 13.1. The number of halogens is 3. The van der Waals surface area contributed by atoms with E-state index < -0.39 is 11.9 Å². The van der Waals surface area contributed by atoms with E-state index in [1.165, 1.54) is 18.2 Å². The van der Waals surface area contributed by atoms with Gasteiger partial charge in [-0.3, -0.25) is 0 Å². The van der Waals surface area contributed by atoms with Crippen LogP contribution in [0.4, 0.5) is 4.39 Å². The molecule has 102 valence electrons. The standard InChI is InChI=1S/C15H9BrClFOS/c16-12-3-1-2-9-11(7-20-15(9)12)14(19)10-5-4-8(18)6-13(10)17/h1-7,14,19H. The Kier molecular flexibility index (Phi) is 3.82. The molecular formula is C15H9BrClFOS. The van der Waals surface area contributed by atoms with Gasteiger partial charge >= 0.3 is 0 Å². The lowest BCUT2D eigenvalue weighted by atomic mass is 10.0. The summed E-state index contributed by atoms with van der Waals surface area (Å²) in [5.74, 6) is -0.413. The molecule has 1 N–H and O–H groups in total. The average Bonchev–Trinajstić information content (AvgIpc) is 2.83. The van der Waals surface area contributed by atoms with Crippen LogP contribution >= 0.6 is 38.9 Å². The molecule has 2 aromatic carbocycles. The van der Waals surface area contributed by atoms with Crippen LogP contribution in [0.1, 0.15) is 17.2 Å². The van der Waals surface area contributed by atoms with Gasteiger partial charge in [-0.1, -0.05) is 29.8 Å². The molecule has 3 aromatic rings. The maximum Gasteiger partial charge on any atom is 0.124 e. The molecule has 20 heavy (non-hydrogen) atoms. The minimum absolute atomic E-state index is 0.229. The number of rotatable bonds is 2. The normalized spacial score (nSPS) is 12.8. The summed E-state index contributed by atoms with van der Waals surface area (Å²) in [5, 5.41) is 13.6. The molecule has 0 aliphatic heterocycles. The van der Waals surface area contributed by atoms with Crippen LogP contribution in [0.3, 0.4) is 0 Å². The van der Waals surface area contributed by atoms with Crippen LogP contribution in [0.15, 0.2) is 46.3 Å². The third-order valence-corrected chi connectivity index (χ3v) is 5.43. The van der Waals surface area contributed by atoms with Crippen molar-refractivity contribution in [3.05, 3.63) is 68.2 Å². The monoisotopic (exact) mass is 370 g/mol. The van der Waals surface area contributed by atoms with Crippen LogP contribution in [-0.2, 0) is 0 Å². The van der Waals surface area contributed by atoms with Gasteiger partial charge < -0.3 is 5.11 Å². The van der Waals surface area contributed by atoms with E-state index in [9.17, 15) is 9.50 Å². The molecule has 5 heteroatoms. The number of fused-ring (bicyclic) bond motifs is 1. The van der Waals surface area contributed by atoms with E-state index in [2.05, 4.69) is 15.9 Å². The summed E-state index contributed by atoms with van der Waals surface area (Å²) in [7, 11) is 0. The second-order valence-corrected chi connectivity index (χ2v) is 6.52. The van der Waals surface area contributed by atoms with E-state index >= 15 is 0 Å². The zero-order valence-electron chi connectivity index (χ0n) is 10.1. The van der Waals surface area contributed by atoms with Crippen LogP contribution < -0.4 is 0 Å². The van der Waals surface area contributed by atoms with Crippen molar-refractivity contribution in [2.24, 2.45) is 0 Å². The zero-order valence-corrected chi connectivity index (χ0v) is 13.3. The van der Waals surface area contributed by atoms with E-state index in [-0.39, 0.29) is 5.02 Å². The summed E-state index contributed by atoms with van der Waals surface area (Å²) in [4.78, 5) is 0. The van der Waals surface area contributed by atoms with Gasteiger partial charge in [-0.15, -0.1) is 11.3 Å². The third-order valence-electron chi connectivity index (χ3n) is 3.13. The quantitative estimate of drug-likeness (QED) is 0.627. The molecule has 0 amide bonds. The van der Waals surface area contributed by atoms with Crippen molar-refractivity contribution in [2.75, 3.05) is 0 Å². The van der Waals surface area contributed by atoms with Crippen molar-refractivity contribution in [3.63, 3.8) is 0 Å². The molecule has 1 nitrogen and oxygen atoms in total. The number of hydrogen-bond acceptors (Lipinski definition) is 2. The third kappa shape index (κ3) is 2.37. The predicted molar refractivity (Wildman–Crippen MR) is 85.0 cm³/mol. The molecular weight excluding hydrogens is 363 g/mol. The molecule has 3 rings (SSSR count). The molecule has 1 unspecified atom stereocenters. The van der Waals surface area contributed by atoms with Gasteiger partial charge in [0.2, 0.25) is 0 Å². The molecule has 1 aromatic heterocycles. The van der Waals surface area contributed by atoms with Gasteiger partial charge in [-0.2, -0.15) is 0 Å². The highest BCUT2D eigenvalue weighted by molar-refractivity contribution is 9.10. The first kappa shape index (κ1) is 14.0. The summed E-state index contributed by atoms with van der Waals surface area (Å²) >= 11 is 11.1. The van der Waals surface area contributed by atoms with Crippen molar-refractivity contribution in [1.82, 2.24) is 0 Å². The first-order valence-electron chi connectivity index (χ1n) is 5.86. The van der Waals surface area contributed by atoms with E-state index in [0.29, 0.717) is 5.56 Å². The van der Waals surface area contributed by atoms with Crippen LogP contribution in [0, 0.1) is 5.82 Å². The van der Waals surface area contributed by atoms with Gasteiger partial charge in [0.1, 0.15) is 11.9 Å². The lowest BCUT2D eigenvalue weighted by Gasteiger charge is -2.12. The van der Waals surface area contributed by atoms with Gasteiger partial charge in [0.05, 0.1) is 0 Å². The Hall–Kier alpha value is -0.940. The second-order valence-electron chi connectivity index (χ2n) is 4.38. The first-order chi connectivity index (χ1) is 9.58. The van der Waals surface area contributed by atoms with E-state index in [1.54, 1.807) is 11.3 Å². The SMILES string of the molecule is OC(c1ccc(F)cc1Cl)c1csc2c(Br)cccc12. The molecule has 1 atom stereocenters. The highest BCUT2D eigenvalue weighted by Crippen LogP contribution is 2.38. The van der Waals surface area contributed by atoms with Crippen molar-refractivity contribution in [3.8, 4) is 0 Å². The van der Waals surface area contributed by atoms with Crippen molar-refractivity contribution >= 4 is 49.0 Å². The van der Waals surface area contributed by atoms with Crippen LogP contribution in [0.5, 0.6) is 0 Å². The smallest absolute Gasteiger partial charge is 0.124 e. The number of aliphatic hydroxyl groups is 1. The van der Waals surface area contributed by atoms with Gasteiger partial charge in [0.25, 0.3) is 0 Å². The summed E-state index contributed by atoms with van der Waals surface area (Å²) in [6.07, 6.45) is -0.869. The van der Waals surface area contributed by atoms with Crippen molar-refractivity contribution < 1.29 is 9.50 Å². The number of thiophene rings is 1. The Morgan fingerprint density at radius 1 is 1.20 bits per heavy atom. The average molecular weight is 372 g/mol. The second kappa shape index (κ2) is 5.45. The van der Waals surface area contributed by atoms with Crippen molar-refractivity contribution in [2.45, 2.75) is 6.10 Å². The zero-order chi connectivity index (χ0) is 14.3. The number of aliphatic hydroxyl groups excluding tert-OH is 1. The molecule has 0 bridgehead atoms. The van der Waals surface area contributed by atoms with E-state index in [1.807, 2.05) is 23.6 Å². The van der Waals surface area contributed by atoms with E-state index in [0.717, 1.165) is 20.1 Å². The van der Waals surface area contributed by atoms with E-state index in [4.69, 9.17) is 11.6 Å². The fraction of sp³-hybridized carbons (Fsp3) is 0.0667. The molecule has 0 saturated carbocycles. The van der Waals surface area contributed by atoms with Crippen LogP contribution in [0.25, 0.3) is 10.1 Å². The van der Waals surface area contributed by atoms with Crippen LogP contribution in [0.2, 0.25) is 5.02 Å². The molecule has 0 aliphatic carbocycles. The largest absolute Gasteiger partial charge is 0.384 e. The predicted octanol–water partition coefficient (Wildman–Crippen LogP) is 5.54. The molecule has 0 spiro atoms. The highest BCUT2D eigenvalue weighted by atomic mass is 79.9. The Morgan fingerprint density at radius 2 is 2.00 bits per heavy atom. The lowest BCUT2D eigenvalue weighted by Crippen LogP contribution is -2.00. The summed E-state index contributed by atoms with van der Waals surface area (Å²) in [6, 6.07) is 9.86. The first-order valence-corrected chi connectivity index (χ1v) is 7.91. The molecule has 0 fully saturated rings. The molecule has 0 aliphatic rings. The Balaban J connectivity index is 2.13. The van der Waals surface area contributed by atoms with Gasteiger partial charge in [0.15, 0.2) is 0 Å². The Bertz CT molecular complexity index is 787. The lowest BCUT2D eigenvalue weighted by molar-refractivity contribution is 0.222. The summed E-state index contributed by atoms with van der Waals surface area (Å²) in [5.41, 5.74) is 1.28. The molecule has 0 saturated heterocycles. The number of hydrogen-bond donors (Lipinski definition) is 1. The number of benzene rings is 2. The van der Waals surface area contributed by atoms with Gasteiger partial charge in [-0.05, 0) is 44.9 Å². The fourth-order valence-corrected chi connectivity index (χ4v) is 4.06. The molecule has 0 radical (unpaired) electrons. The fourth-order valence-electron chi connectivity index (χ4n) is 2.14. The highest BCUT2D eigenvalue weighted by Gasteiger charge is 2.18. The topological polar surface area (TPSA) is 20.2 Å². The maximum atomic E-state index is 13.1. The van der Waals surface area contributed by atoms with Crippen LogP contribution in [-0.4, -0.2) is 5.11 Å². The minimum atomic E-state index is -0.869. The summed E-state index contributed by atoms with van der Waals surface area (Å²) in [6.45, 7) is 0. The van der Waals surface area contributed by atoms with Gasteiger partial charge in [-0.25, -0.2) is 4.39 Å². The Labute approximate surface area is 132 Å². The minimum Gasteiger partial charge on any atom is -0.384 e. The molecule has 1 heterocycles. The Morgan fingerprint density at radius 3 is 2.75 bits per heavy atom. The van der Waals surface area contributed by atoms with Gasteiger partial charge in [0, 0.05) is 25.3 Å². The summed E-state index contributed by atoms with van der Waals surface area (Å²) < 4.78 is 15.1. The van der Waals surface area contributed by atoms with Crippen molar-refractivity contribution in [1.29, 1.82) is 0 Å².